The van der Waals surface area contributed by atoms with E-state index in [1.54, 1.807) is 0 Å². The smallest absolute Gasteiger partial charge is 0.202 e. The maximum atomic E-state index is 4.20. The third-order valence-electron chi connectivity index (χ3n) is 1.64. The van der Waals surface area contributed by atoms with Gasteiger partial charge in [0.1, 0.15) is 5.82 Å². The van der Waals surface area contributed by atoms with Crippen molar-refractivity contribution in [1.82, 2.24) is 14.7 Å². The molecule has 0 bridgehead atoms. The van der Waals surface area contributed by atoms with E-state index >= 15 is 0 Å². The molecule has 2 heterocycles. The Morgan fingerprint density at radius 1 is 1.64 bits per heavy atom. The molecule has 5 heteroatoms. The summed E-state index contributed by atoms with van der Waals surface area (Å²) in [6.45, 7) is 3.98. The molecule has 0 aromatic carbocycles. The van der Waals surface area contributed by atoms with Gasteiger partial charge in [-0.1, -0.05) is 0 Å². The predicted molar refractivity (Wildman–Crippen MR) is 44.9 cm³/mol. The molecular weight excluding hydrogens is 160 g/mol. The fourth-order valence-electron chi connectivity index (χ4n) is 0.921. The molecule has 2 rings (SSSR count). The van der Waals surface area contributed by atoms with Crippen LogP contribution in [0.15, 0.2) is 0 Å². The lowest BCUT2D eigenvalue weighted by Crippen LogP contribution is -2.51. The summed E-state index contributed by atoms with van der Waals surface area (Å²) in [6.07, 6.45) is 0. The summed E-state index contributed by atoms with van der Waals surface area (Å²) >= 11 is 1.43. The summed E-state index contributed by atoms with van der Waals surface area (Å²) < 4.78 is 4.08. The highest BCUT2D eigenvalue weighted by Crippen LogP contribution is 2.12. The topological polar surface area (TPSA) is 49.8 Å². The quantitative estimate of drug-likeness (QED) is 0.667. The second kappa shape index (κ2) is 2.75. The van der Waals surface area contributed by atoms with Crippen molar-refractivity contribution in [2.45, 2.75) is 13.0 Å². The summed E-state index contributed by atoms with van der Waals surface area (Å²) in [6, 6.07) is 0.558. The van der Waals surface area contributed by atoms with E-state index in [1.165, 1.54) is 11.5 Å². The van der Waals surface area contributed by atoms with Gasteiger partial charge in [-0.2, -0.15) is 4.37 Å². The van der Waals surface area contributed by atoms with Gasteiger partial charge >= 0.3 is 0 Å². The lowest BCUT2D eigenvalue weighted by molar-refractivity contribution is 0.472. The fourth-order valence-corrected chi connectivity index (χ4v) is 1.57. The largest absolute Gasteiger partial charge is 0.355 e. The Kier molecular flexibility index (Phi) is 1.75. The van der Waals surface area contributed by atoms with E-state index in [9.17, 15) is 0 Å². The minimum atomic E-state index is 0.558. The normalized spacial score (nSPS) is 17.9. The second-order valence-corrected chi connectivity index (χ2v) is 3.40. The van der Waals surface area contributed by atoms with Crippen molar-refractivity contribution in [3.63, 3.8) is 0 Å². The molecule has 0 saturated carbocycles. The summed E-state index contributed by atoms with van der Waals surface area (Å²) in [5.41, 5.74) is 0. The minimum absolute atomic E-state index is 0.558. The average Bonchev–Trinajstić information content (AvgIpc) is 2.27. The van der Waals surface area contributed by atoms with Gasteiger partial charge in [-0.15, -0.1) is 0 Å². The second-order valence-electron chi connectivity index (χ2n) is 2.65. The van der Waals surface area contributed by atoms with Crippen LogP contribution < -0.4 is 10.6 Å². The molecule has 1 aliphatic heterocycles. The van der Waals surface area contributed by atoms with Gasteiger partial charge in [0.25, 0.3) is 0 Å². The Hall–Kier alpha value is -0.680. The van der Waals surface area contributed by atoms with E-state index < -0.39 is 0 Å². The van der Waals surface area contributed by atoms with Crippen LogP contribution >= 0.6 is 11.5 Å². The number of anilines is 1. The Bertz CT molecular complexity index is 242. The summed E-state index contributed by atoms with van der Waals surface area (Å²) in [5, 5.41) is 7.40. The SMILES string of the molecule is Cc1nsc(NC2CNC2)n1. The third kappa shape index (κ3) is 1.49. The average molecular weight is 170 g/mol. The highest BCUT2D eigenvalue weighted by atomic mass is 32.1. The van der Waals surface area contributed by atoms with Gasteiger partial charge in [-0.3, -0.25) is 0 Å². The van der Waals surface area contributed by atoms with E-state index in [0.717, 1.165) is 24.0 Å². The van der Waals surface area contributed by atoms with Crippen molar-refractivity contribution >= 4 is 16.7 Å². The molecule has 1 aromatic heterocycles. The van der Waals surface area contributed by atoms with Crippen LogP contribution in [0.25, 0.3) is 0 Å². The van der Waals surface area contributed by atoms with E-state index in [2.05, 4.69) is 20.0 Å². The van der Waals surface area contributed by atoms with Gasteiger partial charge in [0, 0.05) is 24.6 Å². The predicted octanol–water partition coefficient (Wildman–Crippen LogP) is 0.230. The summed E-state index contributed by atoms with van der Waals surface area (Å²) in [5.74, 6) is 0.852. The molecule has 0 spiro atoms. The summed E-state index contributed by atoms with van der Waals surface area (Å²) in [7, 11) is 0. The van der Waals surface area contributed by atoms with Crippen molar-refractivity contribution in [2.75, 3.05) is 18.4 Å². The van der Waals surface area contributed by atoms with Crippen LogP contribution in [0.1, 0.15) is 5.82 Å². The van der Waals surface area contributed by atoms with Crippen molar-refractivity contribution in [3.8, 4) is 0 Å². The van der Waals surface area contributed by atoms with Crippen molar-refractivity contribution in [3.05, 3.63) is 5.82 Å². The van der Waals surface area contributed by atoms with E-state index in [4.69, 9.17) is 0 Å². The van der Waals surface area contributed by atoms with Crippen molar-refractivity contribution < 1.29 is 0 Å². The van der Waals surface area contributed by atoms with Gasteiger partial charge in [-0.25, -0.2) is 4.98 Å². The van der Waals surface area contributed by atoms with E-state index in [-0.39, 0.29) is 0 Å². The first-order valence-electron chi connectivity index (χ1n) is 3.62. The zero-order valence-corrected chi connectivity index (χ0v) is 7.11. The molecule has 0 radical (unpaired) electrons. The van der Waals surface area contributed by atoms with Crippen LogP contribution in [0, 0.1) is 6.92 Å². The van der Waals surface area contributed by atoms with Crippen molar-refractivity contribution in [1.29, 1.82) is 0 Å². The highest BCUT2D eigenvalue weighted by Gasteiger charge is 2.17. The molecule has 2 N–H and O–H groups in total. The molecule has 0 unspecified atom stereocenters. The molecule has 1 fully saturated rings. The molecule has 0 amide bonds. The summed E-state index contributed by atoms with van der Waals surface area (Å²) in [4.78, 5) is 4.20. The first-order chi connectivity index (χ1) is 5.34. The monoisotopic (exact) mass is 170 g/mol. The molecule has 0 atom stereocenters. The molecule has 0 aliphatic carbocycles. The molecule has 4 nitrogen and oxygen atoms in total. The van der Waals surface area contributed by atoms with Crippen molar-refractivity contribution in [2.24, 2.45) is 0 Å². The van der Waals surface area contributed by atoms with Gasteiger partial charge in [-0.05, 0) is 6.92 Å². The van der Waals surface area contributed by atoms with Crippen LogP contribution in [0.5, 0.6) is 0 Å². The molecule has 1 aliphatic rings. The molecule has 1 aromatic rings. The molecule has 11 heavy (non-hydrogen) atoms. The van der Waals surface area contributed by atoms with Gasteiger partial charge < -0.3 is 10.6 Å². The number of nitrogens with zero attached hydrogens (tertiary/aromatic N) is 2. The zero-order valence-electron chi connectivity index (χ0n) is 6.29. The number of rotatable bonds is 2. The van der Waals surface area contributed by atoms with Crippen LogP contribution in [0.4, 0.5) is 5.13 Å². The van der Waals surface area contributed by atoms with Gasteiger partial charge in [0.05, 0.1) is 6.04 Å². The lowest BCUT2D eigenvalue weighted by atomic mass is 10.2. The molecular formula is C6H10N4S. The number of aryl methyl sites for hydroxylation is 1. The maximum Gasteiger partial charge on any atom is 0.202 e. The lowest BCUT2D eigenvalue weighted by Gasteiger charge is -2.27. The number of nitrogens with one attached hydrogen (secondary N) is 2. The number of aromatic nitrogens is 2. The maximum absolute atomic E-state index is 4.20. The number of hydrogen-bond donors (Lipinski definition) is 2. The third-order valence-corrected chi connectivity index (χ3v) is 2.37. The first kappa shape index (κ1) is 7.00. The standard InChI is InChI=1S/C6H10N4S/c1-4-8-6(11-10-4)9-5-2-7-3-5/h5,7H,2-3H2,1H3,(H,8,9,10). The van der Waals surface area contributed by atoms with E-state index in [0.29, 0.717) is 6.04 Å². The van der Waals surface area contributed by atoms with E-state index in [1.807, 2.05) is 6.92 Å². The Morgan fingerprint density at radius 2 is 2.45 bits per heavy atom. The fraction of sp³-hybridized carbons (Fsp3) is 0.667. The van der Waals surface area contributed by atoms with Crippen LogP contribution in [0.3, 0.4) is 0 Å². The van der Waals surface area contributed by atoms with Crippen LogP contribution in [-0.4, -0.2) is 28.5 Å². The van der Waals surface area contributed by atoms with Crippen LogP contribution in [-0.2, 0) is 0 Å². The van der Waals surface area contributed by atoms with Crippen LogP contribution in [0.2, 0.25) is 0 Å². The Morgan fingerprint density at radius 3 is 2.91 bits per heavy atom. The van der Waals surface area contributed by atoms with Gasteiger partial charge in [0.2, 0.25) is 5.13 Å². The van der Waals surface area contributed by atoms with Gasteiger partial charge in [0.15, 0.2) is 0 Å². The highest BCUT2D eigenvalue weighted by molar-refractivity contribution is 7.09. The first-order valence-corrected chi connectivity index (χ1v) is 4.39. The Balaban J connectivity index is 1.95. The molecule has 60 valence electrons. The molecule has 1 saturated heterocycles. The minimum Gasteiger partial charge on any atom is -0.355 e. The Labute approximate surface area is 69.2 Å². The zero-order chi connectivity index (χ0) is 7.68. The number of hydrogen-bond acceptors (Lipinski definition) is 5.